The van der Waals surface area contributed by atoms with Crippen LogP contribution in [0.1, 0.15) is 67.7 Å². The minimum absolute atomic E-state index is 0.0207. The summed E-state index contributed by atoms with van der Waals surface area (Å²) in [4.78, 5) is 0. The summed E-state index contributed by atoms with van der Waals surface area (Å²) in [6, 6.07) is 0. The summed E-state index contributed by atoms with van der Waals surface area (Å²) in [6.45, 7) is 16.0. The van der Waals surface area contributed by atoms with E-state index in [9.17, 15) is 0 Å². The van der Waals surface area contributed by atoms with Gasteiger partial charge in [-0.2, -0.15) is 0 Å². The van der Waals surface area contributed by atoms with E-state index in [-0.39, 0.29) is 5.54 Å². The van der Waals surface area contributed by atoms with Gasteiger partial charge in [0.25, 0.3) is 0 Å². The van der Waals surface area contributed by atoms with Crippen LogP contribution in [0, 0.1) is 23.7 Å². The molecule has 0 amide bonds. The normalized spacial score (nSPS) is 16.9. The number of rotatable bonds is 7. The molecule has 0 aromatic heterocycles. The molecule has 0 aromatic rings. The number of hydrogen-bond acceptors (Lipinski definition) is 1. The van der Waals surface area contributed by atoms with Gasteiger partial charge in [0.1, 0.15) is 0 Å². The van der Waals surface area contributed by atoms with Gasteiger partial charge in [0.15, 0.2) is 0 Å². The number of hydrogen-bond donors (Lipinski definition) is 1. The van der Waals surface area contributed by atoms with E-state index < -0.39 is 0 Å². The zero-order valence-electron chi connectivity index (χ0n) is 12.5. The number of unbranched alkanes of at least 4 members (excludes halogenated alkanes) is 1. The molecule has 0 bridgehead atoms. The summed E-state index contributed by atoms with van der Waals surface area (Å²) in [7, 11) is 0. The van der Waals surface area contributed by atoms with Crippen molar-refractivity contribution in [2.24, 2.45) is 29.4 Å². The average molecular weight is 227 g/mol. The Bertz CT molecular complexity index is 176. The zero-order chi connectivity index (χ0) is 12.9. The molecule has 1 heteroatoms. The van der Waals surface area contributed by atoms with Gasteiger partial charge < -0.3 is 5.73 Å². The van der Waals surface area contributed by atoms with Gasteiger partial charge in [-0.3, -0.25) is 0 Å². The van der Waals surface area contributed by atoms with Crippen LogP contribution in [-0.2, 0) is 0 Å². The number of nitrogens with two attached hydrogens (primary N) is 1. The Balaban J connectivity index is 4.68. The lowest BCUT2D eigenvalue weighted by Gasteiger charge is -2.45. The zero-order valence-corrected chi connectivity index (χ0v) is 12.5. The van der Waals surface area contributed by atoms with E-state index in [1.165, 1.54) is 19.3 Å². The highest BCUT2D eigenvalue weighted by molar-refractivity contribution is 4.96. The molecule has 0 saturated heterocycles. The summed E-state index contributed by atoms with van der Waals surface area (Å²) in [5.74, 6) is 2.42. The summed E-state index contributed by atoms with van der Waals surface area (Å²) < 4.78 is 0. The third kappa shape index (κ3) is 3.48. The lowest BCUT2D eigenvalue weighted by atomic mass is 9.65. The van der Waals surface area contributed by atoms with Gasteiger partial charge in [-0.25, -0.2) is 0 Å². The predicted molar refractivity (Wildman–Crippen MR) is 74.4 cm³/mol. The lowest BCUT2D eigenvalue weighted by Crippen LogP contribution is -2.56. The van der Waals surface area contributed by atoms with Gasteiger partial charge in [-0.05, 0) is 23.7 Å². The molecule has 0 heterocycles. The third-order valence-electron chi connectivity index (χ3n) is 4.66. The molecule has 0 aliphatic carbocycles. The Morgan fingerprint density at radius 3 is 1.69 bits per heavy atom. The molecule has 0 fully saturated rings. The van der Waals surface area contributed by atoms with Crippen molar-refractivity contribution < 1.29 is 0 Å². The van der Waals surface area contributed by atoms with Crippen molar-refractivity contribution in [3.8, 4) is 0 Å². The summed E-state index contributed by atoms with van der Waals surface area (Å²) >= 11 is 0. The van der Waals surface area contributed by atoms with Crippen LogP contribution in [0.25, 0.3) is 0 Å². The fourth-order valence-electron chi connectivity index (χ4n) is 2.99. The minimum atomic E-state index is -0.0207. The van der Waals surface area contributed by atoms with Crippen LogP contribution in [0.5, 0.6) is 0 Å². The second-order valence-corrected chi connectivity index (χ2v) is 6.22. The van der Waals surface area contributed by atoms with Crippen molar-refractivity contribution in [1.29, 1.82) is 0 Å². The first kappa shape index (κ1) is 16.0. The quantitative estimate of drug-likeness (QED) is 0.683. The van der Waals surface area contributed by atoms with Crippen LogP contribution in [0.4, 0.5) is 0 Å². The average Bonchev–Trinajstić information content (AvgIpc) is 2.22. The predicted octanol–water partition coefficient (Wildman–Crippen LogP) is 4.46. The van der Waals surface area contributed by atoms with Crippen molar-refractivity contribution in [2.45, 2.75) is 73.3 Å². The molecule has 0 rings (SSSR count). The molecule has 2 N–H and O–H groups in total. The van der Waals surface area contributed by atoms with E-state index in [1.54, 1.807) is 0 Å². The first-order valence-corrected chi connectivity index (χ1v) is 7.07. The Morgan fingerprint density at radius 1 is 0.938 bits per heavy atom. The van der Waals surface area contributed by atoms with Crippen LogP contribution in [0.3, 0.4) is 0 Å². The molecule has 0 radical (unpaired) electrons. The van der Waals surface area contributed by atoms with E-state index in [1.807, 2.05) is 0 Å². The molecule has 0 saturated carbocycles. The van der Waals surface area contributed by atoms with E-state index in [2.05, 4.69) is 48.5 Å². The molecule has 98 valence electrons. The van der Waals surface area contributed by atoms with Crippen LogP contribution < -0.4 is 5.73 Å². The van der Waals surface area contributed by atoms with Crippen molar-refractivity contribution in [3.63, 3.8) is 0 Å². The van der Waals surface area contributed by atoms with Crippen molar-refractivity contribution in [1.82, 2.24) is 0 Å². The van der Waals surface area contributed by atoms with Gasteiger partial charge in [0, 0.05) is 5.54 Å². The van der Waals surface area contributed by atoms with Crippen LogP contribution in [0.15, 0.2) is 0 Å². The first-order chi connectivity index (χ1) is 7.28. The Labute approximate surface area is 103 Å². The monoisotopic (exact) mass is 227 g/mol. The molecule has 2 atom stereocenters. The molecule has 0 aliphatic rings. The smallest absolute Gasteiger partial charge is 0.0229 e. The highest BCUT2D eigenvalue weighted by Crippen LogP contribution is 2.37. The summed E-state index contributed by atoms with van der Waals surface area (Å²) in [5, 5.41) is 0. The van der Waals surface area contributed by atoms with Gasteiger partial charge in [0.2, 0.25) is 0 Å². The lowest BCUT2D eigenvalue weighted by molar-refractivity contribution is 0.101. The second kappa shape index (κ2) is 6.64. The topological polar surface area (TPSA) is 26.0 Å². The van der Waals surface area contributed by atoms with Crippen molar-refractivity contribution in [2.75, 3.05) is 0 Å². The van der Waals surface area contributed by atoms with Gasteiger partial charge in [0.05, 0.1) is 0 Å². The SMILES string of the molecule is CCCCC(C)C(C)C(N)(C(C)C)C(C)C. The Hall–Kier alpha value is -0.0400. The molecule has 0 aliphatic heterocycles. The van der Waals surface area contributed by atoms with Crippen LogP contribution >= 0.6 is 0 Å². The van der Waals surface area contributed by atoms with E-state index in [0.29, 0.717) is 17.8 Å². The van der Waals surface area contributed by atoms with E-state index in [4.69, 9.17) is 5.73 Å². The van der Waals surface area contributed by atoms with Crippen molar-refractivity contribution >= 4 is 0 Å². The maximum absolute atomic E-state index is 6.70. The maximum Gasteiger partial charge on any atom is 0.0229 e. The standard InChI is InChI=1S/C15H33N/c1-8-9-10-13(6)14(7)15(16,11(2)3)12(4)5/h11-14H,8-10,16H2,1-7H3. The van der Waals surface area contributed by atoms with Crippen LogP contribution in [0.2, 0.25) is 0 Å². The molecule has 0 spiro atoms. The minimum Gasteiger partial charge on any atom is -0.324 e. The second-order valence-electron chi connectivity index (χ2n) is 6.22. The molecular formula is C15H33N. The molecular weight excluding hydrogens is 194 g/mol. The van der Waals surface area contributed by atoms with Crippen molar-refractivity contribution in [3.05, 3.63) is 0 Å². The third-order valence-corrected chi connectivity index (χ3v) is 4.66. The van der Waals surface area contributed by atoms with E-state index in [0.717, 1.165) is 5.92 Å². The maximum atomic E-state index is 6.70. The fraction of sp³-hybridized carbons (Fsp3) is 1.00. The van der Waals surface area contributed by atoms with E-state index >= 15 is 0 Å². The highest BCUT2D eigenvalue weighted by atomic mass is 14.8. The summed E-state index contributed by atoms with van der Waals surface area (Å²) in [5.41, 5.74) is 6.68. The molecule has 0 aromatic carbocycles. The first-order valence-electron chi connectivity index (χ1n) is 7.07. The fourth-order valence-corrected chi connectivity index (χ4v) is 2.99. The van der Waals surface area contributed by atoms with Gasteiger partial charge in [-0.15, -0.1) is 0 Å². The summed E-state index contributed by atoms with van der Waals surface area (Å²) in [6.07, 6.45) is 3.94. The highest BCUT2D eigenvalue weighted by Gasteiger charge is 2.40. The van der Waals surface area contributed by atoms with Gasteiger partial charge >= 0.3 is 0 Å². The van der Waals surface area contributed by atoms with Crippen LogP contribution in [-0.4, -0.2) is 5.54 Å². The Morgan fingerprint density at radius 2 is 1.38 bits per heavy atom. The molecule has 1 nitrogen and oxygen atoms in total. The molecule has 16 heavy (non-hydrogen) atoms. The Kier molecular flexibility index (Phi) is 6.62. The van der Waals surface area contributed by atoms with Gasteiger partial charge in [-0.1, -0.05) is 67.7 Å². The molecule has 2 unspecified atom stereocenters. The largest absolute Gasteiger partial charge is 0.324 e.